The molecule has 0 spiro atoms. The maximum absolute atomic E-state index is 11.4. The molecule has 0 radical (unpaired) electrons. The number of carbonyl (C=O) groups is 1. The number of hydrogen-bond acceptors (Lipinski definition) is 5. The van der Waals surface area contributed by atoms with Gasteiger partial charge in [0.1, 0.15) is 5.51 Å². The smallest absolute Gasteiger partial charge is 0.230 e. The van der Waals surface area contributed by atoms with Crippen molar-refractivity contribution in [2.75, 3.05) is 5.32 Å². The van der Waals surface area contributed by atoms with Gasteiger partial charge in [0.25, 0.3) is 0 Å². The van der Waals surface area contributed by atoms with Crippen molar-refractivity contribution >= 4 is 22.4 Å². The molecule has 0 aromatic carbocycles. The first-order chi connectivity index (χ1) is 6.11. The number of rotatable bonds is 3. The standard InChI is InChI=1S/C7H12N4OS/c1-4(5(2)8)6(12)10-7-11-9-3-13-7/h3-5H,8H2,1-2H3,(H,10,11,12). The average Bonchev–Trinajstić information content (AvgIpc) is 2.55. The molecule has 0 fully saturated rings. The third kappa shape index (κ3) is 2.74. The first-order valence-electron chi connectivity index (χ1n) is 3.94. The van der Waals surface area contributed by atoms with Gasteiger partial charge in [0.2, 0.25) is 11.0 Å². The summed E-state index contributed by atoms with van der Waals surface area (Å²) in [5.41, 5.74) is 7.13. The van der Waals surface area contributed by atoms with E-state index in [-0.39, 0.29) is 17.9 Å². The van der Waals surface area contributed by atoms with Gasteiger partial charge in [0, 0.05) is 6.04 Å². The fourth-order valence-electron chi connectivity index (χ4n) is 0.686. The molecule has 6 heteroatoms. The predicted octanol–water partition coefficient (Wildman–Crippen LogP) is 0.460. The van der Waals surface area contributed by atoms with Crippen molar-refractivity contribution in [3.05, 3.63) is 5.51 Å². The van der Waals surface area contributed by atoms with Crippen LogP contribution in [0.4, 0.5) is 5.13 Å². The molecule has 2 unspecified atom stereocenters. The second-order valence-corrected chi connectivity index (χ2v) is 3.71. The summed E-state index contributed by atoms with van der Waals surface area (Å²) < 4.78 is 0. The fourth-order valence-corrected chi connectivity index (χ4v) is 1.13. The van der Waals surface area contributed by atoms with E-state index < -0.39 is 0 Å². The van der Waals surface area contributed by atoms with Gasteiger partial charge in [0.15, 0.2) is 0 Å². The normalized spacial score (nSPS) is 15.0. The van der Waals surface area contributed by atoms with Crippen molar-refractivity contribution in [3.8, 4) is 0 Å². The van der Waals surface area contributed by atoms with Gasteiger partial charge >= 0.3 is 0 Å². The van der Waals surface area contributed by atoms with Crippen LogP contribution in [0.25, 0.3) is 0 Å². The Hall–Kier alpha value is -1.01. The van der Waals surface area contributed by atoms with Crippen molar-refractivity contribution in [2.45, 2.75) is 19.9 Å². The van der Waals surface area contributed by atoms with E-state index in [9.17, 15) is 4.79 Å². The highest BCUT2D eigenvalue weighted by atomic mass is 32.1. The Bertz CT molecular complexity index is 272. The predicted molar refractivity (Wildman–Crippen MR) is 51.4 cm³/mol. The zero-order chi connectivity index (χ0) is 9.84. The summed E-state index contributed by atoms with van der Waals surface area (Å²) in [6.45, 7) is 3.57. The van der Waals surface area contributed by atoms with E-state index in [0.29, 0.717) is 5.13 Å². The van der Waals surface area contributed by atoms with Crippen LogP contribution >= 0.6 is 11.3 Å². The summed E-state index contributed by atoms with van der Waals surface area (Å²) in [6.07, 6.45) is 0. The third-order valence-corrected chi connectivity index (χ3v) is 2.40. The van der Waals surface area contributed by atoms with Crippen LogP contribution in [-0.4, -0.2) is 22.1 Å². The zero-order valence-electron chi connectivity index (χ0n) is 7.52. The number of anilines is 1. The van der Waals surface area contributed by atoms with Crippen LogP contribution in [0.1, 0.15) is 13.8 Å². The van der Waals surface area contributed by atoms with E-state index in [1.54, 1.807) is 19.4 Å². The molecular weight excluding hydrogens is 188 g/mol. The maximum atomic E-state index is 11.4. The molecule has 0 bridgehead atoms. The van der Waals surface area contributed by atoms with Gasteiger partial charge in [-0.1, -0.05) is 18.3 Å². The minimum atomic E-state index is -0.219. The van der Waals surface area contributed by atoms with E-state index in [2.05, 4.69) is 15.5 Å². The van der Waals surface area contributed by atoms with Crippen molar-refractivity contribution in [1.82, 2.24) is 10.2 Å². The molecule has 0 aliphatic carbocycles. The lowest BCUT2D eigenvalue weighted by Crippen LogP contribution is -2.34. The second kappa shape index (κ2) is 4.29. The number of aromatic nitrogens is 2. The molecule has 1 aromatic heterocycles. The van der Waals surface area contributed by atoms with Crippen LogP contribution in [-0.2, 0) is 4.79 Å². The van der Waals surface area contributed by atoms with E-state index in [1.807, 2.05) is 0 Å². The van der Waals surface area contributed by atoms with Crippen LogP contribution in [0, 0.1) is 5.92 Å². The van der Waals surface area contributed by atoms with Crippen molar-refractivity contribution in [1.29, 1.82) is 0 Å². The molecule has 13 heavy (non-hydrogen) atoms. The molecule has 1 rings (SSSR count). The van der Waals surface area contributed by atoms with Crippen LogP contribution in [0.2, 0.25) is 0 Å². The van der Waals surface area contributed by atoms with Gasteiger partial charge in [0.05, 0.1) is 5.92 Å². The molecule has 0 saturated heterocycles. The quantitative estimate of drug-likeness (QED) is 0.742. The Labute approximate surface area is 80.4 Å². The third-order valence-electron chi connectivity index (χ3n) is 1.79. The largest absolute Gasteiger partial charge is 0.327 e. The Morgan fingerprint density at radius 3 is 2.85 bits per heavy atom. The first-order valence-corrected chi connectivity index (χ1v) is 4.82. The first kappa shape index (κ1) is 10.1. The van der Waals surface area contributed by atoms with E-state index in [0.717, 1.165) is 0 Å². The number of hydrogen-bond donors (Lipinski definition) is 2. The highest BCUT2D eigenvalue weighted by Gasteiger charge is 2.17. The zero-order valence-corrected chi connectivity index (χ0v) is 8.34. The molecule has 0 aliphatic rings. The van der Waals surface area contributed by atoms with Crippen molar-refractivity contribution < 1.29 is 4.79 Å². The van der Waals surface area contributed by atoms with E-state index in [4.69, 9.17) is 5.73 Å². The molecule has 0 aliphatic heterocycles. The second-order valence-electron chi connectivity index (χ2n) is 2.88. The highest BCUT2D eigenvalue weighted by molar-refractivity contribution is 7.13. The van der Waals surface area contributed by atoms with Gasteiger partial charge in [-0.3, -0.25) is 4.79 Å². The fraction of sp³-hybridized carbons (Fsp3) is 0.571. The number of nitrogens with two attached hydrogens (primary N) is 1. The average molecular weight is 200 g/mol. The van der Waals surface area contributed by atoms with Crippen LogP contribution < -0.4 is 11.1 Å². The number of amides is 1. The van der Waals surface area contributed by atoms with Gasteiger partial charge in [-0.25, -0.2) is 0 Å². The van der Waals surface area contributed by atoms with Crippen molar-refractivity contribution in [3.63, 3.8) is 0 Å². The Morgan fingerprint density at radius 1 is 1.69 bits per heavy atom. The monoisotopic (exact) mass is 200 g/mol. The van der Waals surface area contributed by atoms with Gasteiger partial charge in [-0.15, -0.1) is 10.2 Å². The summed E-state index contributed by atoms with van der Waals surface area (Å²) in [6, 6.07) is -0.159. The molecule has 0 saturated carbocycles. The molecule has 72 valence electrons. The molecule has 2 atom stereocenters. The van der Waals surface area contributed by atoms with Crippen LogP contribution in [0.3, 0.4) is 0 Å². The Balaban J connectivity index is 2.51. The van der Waals surface area contributed by atoms with Gasteiger partial charge in [-0.2, -0.15) is 0 Å². The SMILES string of the molecule is CC(N)C(C)C(=O)Nc1nncs1. The molecular formula is C7H12N4OS. The lowest BCUT2D eigenvalue weighted by Gasteiger charge is -2.13. The molecule has 1 amide bonds. The molecule has 1 heterocycles. The van der Waals surface area contributed by atoms with Gasteiger partial charge in [-0.05, 0) is 6.92 Å². The number of nitrogens with zero attached hydrogens (tertiary/aromatic N) is 2. The number of carbonyl (C=O) groups excluding carboxylic acids is 1. The van der Waals surface area contributed by atoms with Gasteiger partial charge < -0.3 is 11.1 Å². The van der Waals surface area contributed by atoms with E-state index in [1.165, 1.54) is 11.3 Å². The minimum absolute atomic E-state index is 0.119. The molecule has 1 aromatic rings. The highest BCUT2D eigenvalue weighted by Crippen LogP contribution is 2.10. The Kier molecular flexibility index (Phi) is 3.32. The summed E-state index contributed by atoms with van der Waals surface area (Å²) in [5.74, 6) is -0.337. The Morgan fingerprint density at radius 2 is 2.38 bits per heavy atom. The lowest BCUT2D eigenvalue weighted by molar-refractivity contribution is -0.119. The lowest BCUT2D eigenvalue weighted by atomic mass is 10.0. The van der Waals surface area contributed by atoms with Crippen LogP contribution in [0.5, 0.6) is 0 Å². The summed E-state index contributed by atoms with van der Waals surface area (Å²) in [4.78, 5) is 11.4. The summed E-state index contributed by atoms with van der Waals surface area (Å²) in [7, 11) is 0. The molecule has 3 N–H and O–H groups in total. The summed E-state index contributed by atoms with van der Waals surface area (Å²) >= 11 is 1.29. The maximum Gasteiger partial charge on any atom is 0.230 e. The summed E-state index contributed by atoms with van der Waals surface area (Å²) in [5, 5.41) is 10.4. The number of nitrogens with one attached hydrogen (secondary N) is 1. The van der Waals surface area contributed by atoms with Crippen LogP contribution in [0.15, 0.2) is 5.51 Å². The van der Waals surface area contributed by atoms with E-state index >= 15 is 0 Å². The van der Waals surface area contributed by atoms with Crippen molar-refractivity contribution in [2.24, 2.45) is 11.7 Å². The topological polar surface area (TPSA) is 80.9 Å². The minimum Gasteiger partial charge on any atom is -0.327 e. The molecule has 5 nitrogen and oxygen atoms in total.